The lowest BCUT2D eigenvalue weighted by Gasteiger charge is -2.32. The quantitative estimate of drug-likeness (QED) is 0.706. The SMILES string of the molecule is O=C(CCC(=O)N1CCC[C@H](Oc2ncc(F)cn2)C1)c1ccc(Cl)cc1. The van der Waals surface area contributed by atoms with E-state index in [0.717, 1.165) is 25.2 Å². The van der Waals surface area contributed by atoms with Gasteiger partial charge in [0.15, 0.2) is 11.6 Å². The molecular formula is C19H19ClFN3O3. The molecule has 1 aromatic carbocycles. The smallest absolute Gasteiger partial charge is 0.316 e. The highest BCUT2D eigenvalue weighted by molar-refractivity contribution is 6.30. The number of ketones is 1. The number of carbonyl (C=O) groups is 2. The van der Waals surface area contributed by atoms with Crippen molar-refractivity contribution in [2.75, 3.05) is 13.1 Å². The summed E-state index contributed by atoms with van der Waals surface area (Å²) in [6.07, 6.45) is 3.65. The van der Waals surface area contributed by atoms with E-state index in [-0.39, 0.29) is 36.6 Å². The Balaban J connectivity index is 1.49. The lowest BCUT2D eigenvalue weighted by molar-refractivity contribution is -0.133. The molecule has 2 heterocycles. The molecule has 1 aliphatic rings. The molecule has 0 unspecified atom stereocenters. The number of benzene rings is 1. The van der Waals surface area contributed by atoms with Crippen LogP contribution in [0.25, 0.3) is 0 Å². The van der Waals surface area contributed by atoms with E-state index in [9.17, 15) is 14.0 Å². The van der Waals surface area contributed by atoms with Crippen molar-refractivity contribution >= 4 is 23.3 Å². The van der Waals surface area contributed by atoms with Gasteiger partial charge < -0.3 is 9.64 Å². The summed E-state index contributed by atoms with van der Waals surface area (Å²) in [5.41, 5.74) is 0.542. The van der Waals surface area contributed by atoms with Crippen LogP contribution in [0.1, 0.15) is 36.0 Å². The minimum atomic E-state index is -0.534. The van der Waals surface area contributed by atoms with Crippen LogP contribution in [0, 0.1) is 5.82 Å². The molecule has 1 aliphatic heterocycles. The van der Waals surface area contributed by atoms with Crippen LogP contribution in [0.15, 0.2) is 36.7 Å². The number of rotatable bonds is 6. The summed E-state index contributed by atoms with van der Waals surface area (Å²) in [7, 11) is 0. The van der Waals surface area contributed by atoms with Crippen LogP contribution in [0.2, 0.25) is 5.02 Å². The van der Waals surface area contributed by atoms with E-state index in [2.05, 4.69) is 9.97 Å². The molecule has 1 fully saturated rings. The monoisotopic (exact) mass is 391 g/mol. The summed E-state index contributed by atoms with van der Waals surface area (Å²) in [6.45, 7) is 1.02. The lowest BCUT2D eigenvalue weighted by atomic mass is 10.0. The molecule has 0 N–H and O–H groups in total. The molecule has 3 rings (SSSR count). The van der Waals surface area contributed by atoms with Gasteiger partial charge in [-0.2, -0.15) is 0 Å². The lowest BCUT2D eigenvalue weighted by Crippen LogP contribution is -2.44. The number of halogens is 2. The Labute approximate surface area is 161 Å². The Hall–Kier alpha value is -2.54. The summed E-state index contributed by atoms with van der Waals surface area (Å²) in [6, 6.07) is 6.71. The third-order valence-electron chi connectivity index (χ3n) is 4.33. The summed E-state index contributed by atoms with van der Waals surface area (Å²) in [5, 5.41) is 0.562. The molecule has 6 nitrogen and oxygen atoms in total. The highest BCUT2D eigenvalue weighted by Crippen LogP contribution is 2.17. The Morgan fingerprint density at radius 3 is 2.59 bits per heavy atom. The van der Waals surface area contributed by atoms with Gasteiger partial charge >= 0.3 is 6.01 Å². The topological polar surface area (TPSA) is 72.4 Å². The number of hydrogen-bond donors (Lipinski definition) is 0. The second-order valence-corrected chi connectivity index (χ2v) is 6.77. The van der Waals surface area contributed by atoms with Crippen LogP contribution in [-0.2, 0) is 4.79 Å². The van der Waals surface area contributed by atoms with E-state index in [4.69, 9.17) is 16.3 Å². The third kappa shape index (κ3) is 5.47. The zero-order valence-corrected chi connectivity index (χ0v) is 15.4. The maximum absolute atomic E-state index is 12.9. The molecule has 0 spiro atoms. The maximum Gasteiger partial charge on any atom is 0.316 e. The largest absolute Gasteiger partial charge is 0.458 e. The van der Waals surface area contributed by atoms with Gasteiger partial charge in [0.25, 0.3) is 0 Å². The van der Waals surface area contributed by atoms with Gasteiger partial charge in [-0.25, -0.2) is 14.4 Å². The van der Waals surface area contributed by atoms with Crippen LogP contribution >= 0.6 is 11.6 Å². The molecule has 0 saturated carbocycles. The molecule has 142 valence electrons. The van der Waals surface area contributed by atoms with Crippen molar-refractivity contribution in [2.24, 2.45) is 0 Å². The van der Waals surface area contributed by atoms with Crippen LogP contribution in [0.4, 0.5) is 4.39 Å². The molecule has 1 aromatic heterocycles. The summed E-state index contributed by atoms with van der Waals surface area (Å²) in [5.74, 6) is -0.719. The summed E-state index contributed by atoms with van der Waals surface area (Å²) in [4.78, 5) is 33.9. The summed E-state index contributed by atoms with van der Waals surface area (Å²) < 4.78 is 18.5. The van der Waals surface area contributed by atoms with E-state index in [0.29, 0.717) is 23.7 Å². The first kappa shape index (κ1) is 19.2. The second-order valence-electron chi connectivity index (χ2n) is 6.34. The summed E-state index contributed by atoms with van der Waals surface area (Å²) >= 11 is 5.81. The molecule has 2 aromatic rings. The van der Waals surface area contributed by atoms with E-state index in [1.807, 2.05) is 0 Å². The minimum Gasteiger partial charge on any atom is -0.458 e. The van der Waals surface area contributed by atoms with E-state index < -0.39 is 5.82 Å². The van der Waals surface area contributed by atoms with Gasteiger partial charge in [0.05, 0.1) is 18.9 Å². The molecule has 0 aliphatic carbocycles. The number of carbonyl (C=O) groups excluding carboxylic acids is 2. The fourth-order valence-electron chi connectivity index (χ4n) is 2.93. The molecule has 1 amide bonds. The van der Waals surface area contributed by atoms with Crippen molar-refractivity contribution in [3.8, 4) is 6.01 Å². The predicted octanol–water partition coefficient (Wildman–Crippen LogP) is 3.30. The third-order valence-corrected chi connectivity index (χ3v) is 4.58. The van der Waals surface area contributed by atoms with Crippen molar-refractivity contribution in [1.82, 2.24) is 14.9 Å². The van der Waals surface area contributed by atoms with E-state index in [1.54, 1.807) is 29.2 Å². The van der Waals surface area contributed by atoms with Crippen molar-refractivity contribution in [1.29, 1.82) is 0 Å². The molecule has 0 bridgehead atoms. The molecular weight excluding hydrogens is 373 g/mol. The van der Waals surface area contributed by atoms with Crippen LogP contribution in [-0.4, -0.2) is 45.8 Å². The minimum absolute atomic E-state index is 0.0913. The normalized spacial score (nSPS) is 16.8. The molecule has 8 heteroatoms. The first-order valence-corrected chi connectivity index (χ1v) is 9.10. The average molecular weight is 392 g/mol. The Morgan fingerprint density at radius 1 is 1.19 bits per heavy atom. The maximum atomic E-state index is 12.9. The number of aromatic nitrogens is 2. The van der Waals surface area contributed by atoms with E-state index in [1.165, 1.54) is 0 Å². The Morgan fingerprint density at radius 2 is 1.89 bits per heavy atom. The highest BCUT2D eigenvalue weighted by Gasteiger charge is 2.25. The van der Waals surface area contributed by atoms with Crippen molar-refractivity contribution in [2.45, 2.75) is 31.8 Å². The fraction of sp³-hybridized carbons (Fsp3) is 0.368. The van der Waals surface area contributed by atoms with Crippen molar-refractivity contribution in [3.63, 3.8) is 0 Å². The Bertz CT molecular complexity index is 799. The second kappa shape index (κ2) is 8.90. The van der Waals surface area contributed by atoms with E-state index >= 15 is 0 Å². The number of likely N-dealkylation sites (tertiary alicyclic amines) is 1. The van der Waals surface area contributed by atoms with Crippen LogP contribution < -0.4 is 4.74 Å². The first-order chi connectivity index (χ1) is 13.0. The van der Waals surface area contributed by atoms with Gasteiger partial charge in [-0.3, -0.25) is 9.59 Å². The predicted molar refractivity (Wildman–Crippen MR) is 97.2 cm³/mol. The standard InChI is InChI=1S/C19H19ClFN3O3/c20-14-5-3-13(4-6-14)17(25)7-8-18(26)24-9-1-2-16(12-24)27-19-22-10-15(21)11-23-19/h3-6,10-11,16H,1-2,7-9,12H2/t16-/m0/s1. The fourth-order valence-corrected chi connectivity index (χ4v) is 3.06. The van der Waals surface area contributed by atoms with Gasteiger partial charge in [0, 0.05) is 30.0 Å². The van der Waals surface area contributed by atoms with Gasteiger partial charge in [-0.05, 0) is 37.1 Å². The van der Waals surface area contributed by atoms with Gasteiger partial charge in [-0.15, -0.1) is 0 Å². The van der Waals surface area contributed by atoms with Gasteiger partial charge in [-0.1, -0.05) is 11.6 Å². The van der Waals surface area contributed by atoms with Gasteiger partial charge in [0.1, 0.15) is 6.10 Å². The number of nitrogens with zero attached hydrogens (tertiary/aromatic N) is 3. The molecule has 0 radical (unpaired) electrons. The van der Waals surface area contributed by atoms with Crippen molar-refractivity contribution < 1.29 is 18.7 Å². The van der Waals surface area contributed by atoms with Gasteiger partial charge in [0.2, 0.25) is 5.91 Å². The van der Waals surface area contributed by atoms with Crippen molar-refractivity contribution in [3.05, 3.63) is 53.1 Å². The number of hydrogen-bond acceptors (Lipinski definition) is 5. The average Bonchev–Trinajstić information content (AvgIpc) is 2.68. The van der Waals surface area contributed by atoms with Crippen LogP contribution in [0.3, 0.4) is 0 Å². The molecule has 27 heavy (non-hydrogen) atoms. The number of amides is 1. The number of ether oxygens (including phenoxy) is 1. The zero-order chi connectivity index (χ0) is 19.2. The van der Waals surface area contributed by atoms with Crippen LogP contribution in [0.5, 0.6) is 6.01 Å². The zero-order valence-electron chi connectivity index (χ0n) is 14.6. The first-order valence-electron chi connectivity index (χ1n) is 8.72. The number of Topliss-reactive ketones (excluding diaryl/α,β-unsaturated/α-hetero) is 1. The molecule has 1 atom stereocenters. The Kier molecular flexibility index (Phi) is 6.34. The number of piperidine rings is 1. The highest BCUT2D eigenvalue weighted by atomic mass is 35.5. The molecule has 1 saturated heterocycles.